The number of hydrogen-bond acceptors (Lipinski definition) is 5. The summed E-state index contributed by atoms with van der Waals surface area (Å²) >= 11 is 5.98. The van der Waals surface area contributed by atoms with Crippen molar-refractivity contribution in [2.75, 3.05) is 30.7 Å². The second-order valence-corrected chi connectivity index (χ2v) is 4.80. The van der Waals surface area contributed by atoms with Crippen LogP contribution in [0, 0.1) is 0 Å². The van der Waals surface area contributed by atoms with Gasteiger partial charge in [0.25, 0.3) is 0 Å². The molecule has 0 amide bonds. The molecule has 0 bridgehead atoms. The van der Waals surface area contributed by atoms with Crippen molar-refractivity contribution in [3.8, 4) is 0 Å². The van der Waals surface area contributed by atoms with Gasteiger partial charge in [-0.3, -0.25) is 4.90 Å². The van der Waals surface area contributed by atoms with Crippen LogP contribution in [0.25, 0.3) is 0 Å². The van der Waals surface area contributed by atoms with E-state index in [1.807, 2.05) is 0 Å². The normalized spacial score (nSPS) is 18.2. The summed E-state index contributed by atoms with van der Waals surface area (Å²) in [7, 11) is 0. The van der Waals surface area contributed by atoms with Gasteiger partial charge in [-0.25, -0.2) is 4.98 Å². The van der Waals surface area contributed by atoms with Gasteiger partial charge in [-0.05, 0) is 32.9 Å². The van der Waals surface area contributed by atoms with E-state index in [-0.39, 0.29) is 5.95 Å². The number of nitrogens with one attached hydrogen (secondary N) is 1. The molecular weight excluding hydrogens is 238 g/mol. The van der Waals surface area contributed by atoms with Crippen LogP contribution in [0.3, 0.4) is 0 Å². The number of nitrogens with two attached hydrogens (primary N) is 1. The number of rotatable bonds is 4. The smallest absolute Gasteiger partial charge is 0.222 e. The molecule has 17 heavy (non-hydrogen) atoms. The summed E-state index contributed by atoms with van der Waals surface area (Å²) in [6, 6.07) is 0.477. The van der Waals surface area contributed by atoms with Crippen LogP contribution in [0.5, 0.6) is 0 Å². The molecule has 2 rings (SSSR count). The zero-order valence-corrected chi connectivity index (χ0v) is 10.7. The zero-order chi connectivity index (χ0) is 12.3. The van der Waals surface area contributed by atoms with Gasteiger partial charge in [0.15, 0.2) is 5.82 Å². The minimum absolute atomic E-state index is 0.241. The van der Waals surface area contributed by atoms with Crippen LogP contribution in [-0.2, 0) is 0 Å². The molecule has 0 radical (unpaired) electrons. The number of aromatic nitrogens is 2. The summed E-state index contributed by atoms with van der Waals surface area (Å²) in [5.41, 5.74) is 5.52. The molecule has 1 aliphatic rings. The highest BCUT2D eigenvalue weighted by Gasteiger charge is 2.18. The molecule has 3 N–H and O–H groups in total. The Morgan fingerprint density at radius 3 is 2.94 bits per heavy atom. The molecule has 1 fully saturated rings. The Hall–Kier alpha value is -1.07. The first-order chi connectivity index (χ1) is 8.16. The first-order valence-corrected chi connectivity index (χ1v) is 6.30. The Morgan fingerprint density at radius 2 is 2.24 bits per heavy atom. The molecule has 5 nitrogen and oxygen atoms in total. The Morgan fingerprint density at radius 1 is 1.53 bits per heavy atom. The van der Waals surface area contributed by atoms with Crippen molar-refractivity contribution in [2.24, 2.45) is 0 Å². The van der Waals surface area contributed by atoms with Gasteiger partial charge in [-0.1, -0.05) is 11.6 Å². The minimum Gasteiger partial charge on any atom is -0.368 e. The molecule has 1 aromatic heterocycles. The van der Waals surface area contributed by atoms with Gasteiger partial charge in [-0.2, -0.15) is 4.98 Å². The van der Waals surface area contributed by atoms with Crippen LogP contribution in [0.15, 0.2) is 6.20 Å². The third-order valence-corrected chi connectivity index (χ3v) is 3.37. The monoisotopic (exact) mass is 255 g/mol. The number of nitrogen functional groups attached to an aromatic ring is 1. The molecule has 94 valence electrons. The number of hydrogen-bond donors (Lipinski definition) is 2. The minimum atomic E-state index is 0.241. The summed E-state index contributed by atoms with van der Waals surface area (Å²) in [4.78, 5) is 10.4. The number of halogens is 1. The zero-order valence-electron chi connectivity index (χ0n) is 9.99. The van der Waals surface area contributed by atoms with Crippen molar-refractivity contribution in [3.05, 3.63) is 11.2 Å². The van der Waals surface area contributed by atoms with Crippen LogP contribution >= 0.6 is 11.6 Å². The predicted octanol–water partition coefficient (Wildman–Crippen LogP) is 1.61. The van der Waals surface area contributed by atoms with Crippen molar-refractivity contribution in [1.82, 2.24) is 14.9 Å². The molecule has 0 aromatic carbocycles. The molecule has 2 heterocycles. The molecule has 0 spiro atoms. The van der Waals surface area contributed by atoms with Crippen molar-refractivity contribution >= 4 is 23.4 Å². The number of anilines is 2. The lowest BCUT2D eigenvalue weighted by Crippen LogP contribution is -2.35. The maximum absolute atomic E-state index is 5.98. The molecule has 1 saturated heterocycles. The molecule has 1 unspecified atom stereocenters. The van der Waals surface area contributed by atoms with Crippen molar-refractivity contribution in [3.63, 3.8) is 0 Å². The summed E-state index contributed by atoms with van der Waals surface area (Å²) in [6.07, 6.45) is 4.11. The SMILES string of the molecule is CC(CNc1nc(N)ncc1Cl)N1CCCC1. The van der Waals surface area contributed by atoms with Crippen LogP contribution in [0.1, 0.15) is 19.8 Å². The highest BCUT2D eigenvalue weighted by molar-refractivity contribution is 6.32. The standard InChI is InChI=1S/C11H18ClN5/c1-8(17-4-2-3-5-17)6-14-10-9(12)7-15-11(13)16-10/h7-8H,2-6H2,1H3,(H3,13,14,15,16). The molecule has 0 saturated carbocycles. The van der Waals surface area contributed by atoms with E-state index in [2.05, 4.69) is 27.1 Å². The van der Waals surface area contributed by atoms with Gasteiger partial charge < -0.3 is 11.1 Å². The van der Waals surface area contributed by atoms with Gasteiger partial charge in [0.1, 0.15) is 5.02 Å². The van der Waals surface area contributed by atoms with E-state index >= 15 is 0 Å². The maximum atomic E-state index is 5.98. The molecule has 1 aromatic rings. The molecule has 1 atom stereocenters. The van der Waals surface area contributed by atoms with Crippen molar-refractivity contribution < 1.29 is 0 Å². The summed E-state index contributed by atoms with van der Waals surface area (Å²) < 4.78 is 0. The molecular formula is C11H18ClN5. The third-order valence-electron chi connectivity index (χ3n) is 3.09. The van der Waals surface area contributed by atoms with Crippen molar-refractivity contribution in [2.45, 2.75) is 25.8 Å². The van der Waals surface area contributed by atoms with E-state index < -0.39 is 0 Å². The van der Waals surface area contributed by atoms with E-state index in [1.54, 1.807) is 0 Å². The topological polar surface area (TPSA) is 67.1 Å². The fourth-order valence-corrected chi connectivity index (χ4v) is 2.22. The fourth-order valence-electron chi connectivity index (χ4n) is 2.06. The quantitative estimate of drug-likeness (QED) is 0.856. The van der Waals surface area contributed by atoms with E-state index in [0.717, 1.165) is 6.54 Å². The maximum Gasteiger partial charge on any atom is 0.222 e. The summed E-state index contributed by atoms with van der Waals surface area (Å²) in [6.45, 7) is 5.39. The van der Waals surface area contributed by atoms with E-state index in [1.165, 1.54) is 32.1 Å². The van der Waals surface area contributed by atoms with Gasteiger partial charge in [0, 0.05) is 12.6 Å². The summed E-state index contributed by atoms with van der Waals surface area (Å²) in [5, 5.41) is 3.73. The largest absolute Gasteiger partial charge is 0.368 e. The molecule has 6 heteroatoms. The lowest BCUT2D eigenvalue weighted by molar-refractivity contribution is 0.269. The Labute approximate surface area is 106 Å². The summed E-state index contributed by atoms with van der Waals surface area (Å²) in [5.74, 6) is 0.857. The van der Waals surface area contributed by atoms with Crippen molar-refractivity contribution in [1.29, 1.82) is 0 Å². The Bertz CT molecular complexity index is 378. The van der Waals surface area contributed by atoms with Gasteiger partial charge >= 0.3 is 0 Å². The lowest BCUT2D eigenvalue weighted by Gasteiger charge is -2.24. The van der Waals surface area contributed by atoms with E-state index in [0.29, 0.717) is 16.9 Å². The fraction of sp³-hybridized carbons (Fsp3) is 0.636. The Balaban J connectivity index is 1.90. The van der Waals surface area contributed by atoms with Crippen LogP contribution in [0.4, 0.5) is 11.8 Å². The first-order valence-electron chi connectivity index (χ1n) is 5.93. The van der Waals surface area contributed by atoms with Crippen LogP contribution in [-0.4, -0.2) is 40.5 Å². The predicted molar refractivity (Wildman–Crippen MR) is 70.2 cm³/mol. The van der Waals surface area contributed by atoms with Gasteiger partial charge in [-0.15, -0.1) is 0 Å². The third kappa shape index (κ3) is 3.20. The highest BCUT2D eigenvalue weighted by Crippen LogP contribution is 2.19. The van der Waals surface area contributed by atoms with Gasteiger partial charge in [0.2, 0.25) is 5.95 Å². The Kier molecular flexibility index (Phi) is 4.02. The second kappa shape index (κ2) is 5.51. The number of likely N-dealkylation sites (tertiary alicyclic amines) is 1. The van der Waals surface area contributed by atoms with E-state index in [9.17, 15) is 0 Å². The highest BCUT2D eigenvalue weighted by atomic mass is 35.5. The van der Waals surface area contributed by atoms with E-state index in [4.69, 9.17) is 17.3 Å². The first kappa shape index (κ1) is 12.4. The average Bonchev–Trinajstić information content (AvgIpc) is 2.83. The second-order valence-electron chi connectivity index (χ2n) is 4.40. The van der Waals surface area contributed by atoms with Gasteiger partial charge in [0.05, 0.1) is 6.20 Å². The van der Waals surface area contributed by atoms with Crippen LogP contribution < -0.4 is 11.1 Å². The van der Waals surface area contributed by atoms with Crippen LogP contribution in [0.2, 0.25) is 5.02 Å². The average molecular weight is 256 g/mol. The molecule has 0 aliphatic carbocycles. The number of nitrogens with zero attached hydrogens (tertiary/aromatic N) is 3. The molecule has 1 aliphatic heterocycles. The lowest BCUT2D eigenvalue weighted by atomic mass is 10.3.